The molecule has 0 radical (unpaired) electrons. The summed E-state index contributed by atoms with van der Waals surface area (Å²) >= 11 is 6.12. The molecule has 5 nitrogen and oxygen atoms in total. The standard InChI is InChI=1S/C20H20ClN3O2/c1-12-8-14(21)4-5-18(12)24-20-17(6-7-22-20)19(23-24)13-9-15(25-2)11-16(10-13)26-3/h4-5,8-11,22H,6-7H2,1-3H3. The van der Waals surface area contributed by atoms with Crippen molar-refractivity contribution in [2.75, 3.05) is 26.1 Å². The first-order valence-corrected chi connectivity index (χ1v) is 8.84. The second kappa shape index (κ2) is 6.57. The van der Waals surface area contributed by atoms with Crippen LogP contribution in [0.4, 0.5) is 5.82 Å². The molecule has 1 aromatic heterocycles. The molecular formula is C20H20ClN3O2. The molecule has 4 rings (SSSR count). The molecular weight excluding hydrogens is 350 g/mol. The number of aryl methyl sites for hydroxylation is 1. The van der Waals surface area contributed by atoms with Crippen molar-refractivity contribution in [2.45, 2.75) is 13.3 Å². The fourth-order valence-electron chi connectivity index (χ4n) is 3.38. The molecule has 0 unspecified atom stereocenters. The predicted octanol–water partition coefficient (Wildman–Crippen LogP) is 4.49. The van der Waals surface area contributed by atoms with Crippen LogP contribution in [-0.4, -0.2) is 30.5 Å². The second-order valence-corrected chi connectivity index (χ2v) is 6.73. The van der Waals surface area contributed by atoms with Crippen LogP contribution in [0.25, 0.3) is 16.9 Å². The van der Waals surface area contributed by atoms with Gasteiger partial charge in [0.1, 0.15) is 17.3 Å². The number of nitrogens with zero attached hydrogens (tertiary/aromatic N) is 2. The van der Waals surface area contributed by atoms with E-state index in [1.807, 2.05) is 48.0 Å². The number of hydrogen-bond donors (Lipinski definition) is 1. The Morgan fingerprint density at radius 3 is 2.46 bits per heavy atom. The van der Waals surface area contributed by atoms with Crippen molar-refractivity contribution in [2.24, 2.45) is 0 Å². The molecule has 1 aliphatic rings. The zero-order chi connectivity index (χ0) is 18.3. The summed E-state index contributed by atoms with van der Waals surface area (Å²) in [5.74, 6) is 2.53. The highest BCUT2D eigenvalue weighted by molar-refractivity contribution is 6.30. The van der Waals surface area contributed by atoms with E-state index < -0.39 is 0 Å². The van der Waals surface area contributed by atoms with Gasteiger partial charge in [0.25, 0.3) is 0 Å². The summed E-state index contributed by atoms with van der Waals surface area (Å²) in [7, 11) is 3.31. The van der Waals surface area contributed by atoms with E-state index in [1.165, 1.54) is 5.56 Å². The Labute approximate surface area is 157 Å². The van der Waals surface area contributed by atoms with Crippen LogP contribution in [0.2, 0.25) is 5.02 Å². The lowest BCUT2D eigenvalue weighted by molar-refractivity contribution is 0.394. The Bertz CT molecular complexity index is 959. The van der Waals surface area contributed by atoms with Gasteiger partial charge in [-0.15, -0.1) is 0 Å². The van der Waals surface area contributed by atoms with Gasteiger partial charge in [0.2, 0.25) is 0 Å². The third-order valence-electron chi connectivity index (χ3n) is 4.66. The van der Waals surface area contributed by atoms with Gasteiger partial charge in [-0.3, -0.25) is 0 Å². The minimum atomic E-state index is 0.723. The van der Waals surface area contributed by atoms with Crippen LogP contribution < -0.4 is 14.8 Å². The Morgan fingerprint density at radius 2 is 1.81 bits per heavy atom. The van der Waals surface area contributed by atoms with E-state index >= 15 is 0 Å². The monoisotopic (exact) mass is 369 g/mol. The van der Waals surface area contributed by atoms with Gasteiger partial charge in [-0.25, -0.2) is 4.68 Å². The molecule has 0 aliphatic carbocycles. The van der Waals surface area contributed by atoms with Gasteiger partial charge < -0.3 is 14.8 Å². The maximum absolute atomic E-state index is 6.12. The molecule has 0 saturated heterocycles. The van der Waals surface area contributed by atoms with Crippen LogP contribution >= 0.6 is 11.6 Å². The van der Waals surface area contributed by atoms with Crippen LogP contribution in [-0.2, 0) is 6.42 Å². The fraction of sp³-hybridized carbons (Fsp3) is 0.250. The number of methoxy groups -OCH3 is 2. The van der Waals surface area contributed by atoms with Gasteiger partial charge >= 0.3 is 0 Å². The summed E-state index contributed by atoms with van der Waals surface area (Å²) in [6.45, 7) is 2.94. The topological polar surface area (TPSA) is 48.3 Å². The summed E-state index contributed by atoms with van der Waals surface area (Å²) < 4.78 is 12.8. The lowest BCUT2D eigenvalue weighted by Crippen LogP contribution is -2.05. The molecule has 26 heavy (non-hydrogen) atoms. The number of rotatable bonds is 4. The predicted molar refractivity (Wildman–Crippen MR) is 104 cm³/mol. The molecule has 0 saturated carbocycles. The number of fused-ring (bicyclic) bond motifs is 1. The summed E-state index contributed by atoms with van der Waals surface area (Å²) in [4.78, 5) is 0. The van der Waals surface area contributed by atoms with Crippen molar-refractivity contribution in [1.82, 2.24) is 9.78 Å². The molecule has 0 amide bonds. The quantitative estimate of drug-likeness (QED) is 0.736. The lowest BCUT2D eigenvalue weighted by Gasteiger charge is -2.10. The van der Waals surface area contributed by atoms with Gasteiger partial charge in [0.05, 0.1) is 25.6 Å². The van der Waals surface area contributed by atoms with E-state index in [4.69, 9.17) is 26.2 Å². The summed E-state index contributed by atoms with van der Waals surface area (Å²) in [5, 5.41) is 9.10. The fourth-order valence-corrected chi connectivity index (χ4v) is 3.61. The Morgan fingerprint density at radius 1 is 1.08 bits per heavy atom. The SMILES string of the molecule is COc1cc(OC)cc(-c2nn(-c3ccc(Cl)cc3C)c3c2CCN3)c1. The minimum absolute atomic E-state index is 0.723. The first kappa shape index (κ1) is 16.8. The van der Waals surface area contributed by atoms with Gasteiger partial charge in [0.15, 0.2) is 0 Å². The molecule has 3 aromatic rings. The van der Waals surface area contributed by atoms with Crippen LogP contribution in [0.1, 0.15) is 11.1 Å². The third kappa shape index (κ3) is 2.78. The van der Waals surface area contributed by atoms with Gasteiger partial charge in [-0.2, -0.15) is 5.10 Å². The lowest BCUT2D eigenvalue weighted by atomic mass is 10.1. The number of halogens is 1. The smallest absolute Gasteiger partial charge is 0.133 e. The van der Waals surface area contributed by atoms with Gasteiger partial charge in [0, 0.05) is 28.8 Å². The molecule has 2 aromatic carbocycles. The maximum atomic E-state index is 6.12. The number of anilines is 1. The average Bonchev–Trinajstić information content (AvgIpc) is 3.24. The number of nitrogens with one attached hydrogen (secondary N) is 1. The van der Waals surface area contributed by atoms with E-state index in [1.54, 1.807) is 14.2 Å². The molecule has 0 bridgehead atoms. The van der Waals surface area contributed by atoms with Crippen molar-refractivity contribution in [3.05, 3.63) is 52.5 Å². The van der Waals surface area contributed by atoms with Crippen molar-refractivity contribution in [1.29, 1.82) is 0 Å². The zero-order valence-corrected chi connectivity index (χ0v) is 15.7. The van der Waals surface area contributed by atoms with E-state index in [0.717, 1.165) is 57.8 Å². The van der Waals surface area contributed by atoms with Gasteiger partial charge in [-0.1, -0.05) is 11.6 Å². The van der Waals surface area contributed by atoms with Crippen LogP contribution in [0.3, 0.4) is 0 Å². The number of hydrogen-bond acceptors (Lipinski definition) is 4. The normalized spacial score (nSPS) is 12.6. The number of aromatic nitrogens is 2. The van der Waals surface area contributed by atoms with E-state index in [-0.39, 0.29) is 0 Å². The molecule has 0 fully saturated rings. The number of ether oxygens (including phenoxy) is 2. The van der Waals surface area contributed by atoms with Crippen LogP contribution in [0.15, 0.2) is 36.4 Å². The van der Waals surface area contributed by atoms with E-state index in [9.17, 15) is 0 Å². The summed E-state index contributed by atoms with van der Waals surface area (Å²) in [6, 6.07) is 11.7. The molecule has 2 heterocycles. The molecule has 0 atom stereocenters. The molecule has 6 heteroatoms. The molecule has 134 valence electrons. The highest BCUT2D eigenvalue weighted by Gasteiger charge is 2.25. The summed E-state index contributed by atoms with van der Waals surface area (Å²) in [5.41, 5.74) is 5.21. The Kier molecular flexibility index (Phi) is 4.24. The van der Waals surface area contributed by atoms with Crippen molar-refractivity contribution >= 4 is 17.4 Å². The van der Waals surface area contributed by atoms with Gasteiger partial charge in [-0.05, 0) is 49.2 Å². The Balaban J connectivity index is 1.90. The Hall–Kier alpha value is -2.66. The zero-order valence-electron chi connectivity index (χ0n) is 15.0. The van der Waals surface area contributed by atoms with Crippen molar-refractivity contribution in [3.8, 4) is 28.4 Å². The summed E-state index contributed by atoms with van der Waals surface area (Å²) in [6.07, 6.45) is 0.927. The third-order valence-corrected chi connectivity index (χ3v) is 4.90. The maximum Gasteiger partial charge on any atom is 0.133 e. The highest BCUT2D eigenvalue weighted by atomic mass is 35.5. The molecule has 1 N–H and O–H groups in total. The molecule has 0 spiro atoms. The second-order valence-electron chi connectivity index (χ2n) is 6.30. The molecule has 1 aliphatic heterocycles. The first-order valence-electron chi connectivity index (χ1n) is 8.46. The number of benzene rings is 2. The van der Waals surface area contributed by atoms with Crippen molar-refractivity contribution < 1.29 is 9.47 Å². The highest BCUT2D eigenvalue weighted by Crippen LogP contribution is 2.38. The average molecular weight is 370 g/mol. The van der Waals surface area contributed by atoms with E-state index in [0.29, 0.717) is 0 Å². The van der Waals surface area contributed by atoms with Crippen LogP contribution in [0.5, 0.6) is 11.5 Å². The minimum Gasteiger partial charge on any atom is -0.497 e. The van der Waals surface area contributed by atoms with Crippen LogP contribution in [0, 0.1) is 6.92 Å². The van der Waals surface area contributed by atoms with E-state index in [2.05, 4.69) is 5.32 Å². The largest absolute Gasteiger partial charge is 0.497 e. The van der Waals surface area contributed by atoms with Crippen molar-refractivity contribution in [3.63, 3.8) is 0 Å². The first-order chi connectivity index (χ1) is 12.6.